The Morgan fingerprint density at radius 3 is 2.37 bits per heavy atom. The molecule has 0 aromatic heterocycles. The molecule has 0 saturated carbocycles. The van der Waals surface area contributed by atoms with E-state index in [1.807, 2.05) is 25.7 Å². The van der Waals surface area contributed by atoms with Crippen molar-refractivity contribution in [2.45, 2.75) is 53.0 Å². The molecule has 1 fully saturated rings. The van der Waals surface area contributed by atoms with Crippen LogP contribution in [-0.4, -0.2) is 52.6 Å². The van der Waals surface area contributed by atoms with Crippen molar-refractivity contribution in [1.29, 1.82) is 0 Å². The third kappa shape index (κ3) is 3.01. The van der Waals surface area contributed by atoms with Gasteiger partial charge in [-0.25, -0.2) is 4.79 Å². The number of carboxylic acid groups (broad SMARTS) is 1. The first-order valence-corrected chi connectivity index (χ1v) is 7.20. The summed E-state index contributed by atoms with van der Waals surface area (Å²) in [4.78, 5) is 27.4. The second-order valence-electron chi connectivity index (χ2n) is 5.44. The van der Waals surface area contributed by atoms with Crippen molar-refractivity contribution in [3.63, 3.8) is 0 Å². The highest BCUT2D eigenvalue weighted by atomic mass is 16.4. The van der Waals surface area contributed by atoms with E-state index in [-0.39, 0.29) is 12.1 Å². The lowest BCUT2D eigenvalue weighted by molar-refractivity contribution is -0.148. The Labute approximate surface area is 115 Å². The Bertz CT molecular complexity index is 346. The Morgan fingerprint density at radius 1 is 1.37 bits per heavy atom. The number of aliphatic carboxylic acids is 1. The molecule has 1 aliphatic rings. The van der Waals surface area contributed by atoms with Gasteiger partial charge < -0.3 is 14.9 Å². The van der Waals surface area contributed by atoms with Crippen LogP contribution < -0.4 is 0 Å². The summed E-state index contributed by atoms with van der Waals surface area (Å²) in [5.41, 5.74) is -0.746. The van der Waals surface area contributed by atoms with Gasteiger partial charge in [-0.3, -0.25) is 4.79 Å². The van der Waals surface area contributed by atoms with E-state index in [2.05, 4.69) is 6.92 Å². The second kappa shape index (κ2) is 6.26. The highest BCUT2D eigenvalue weighted by Crippen LogP contribution is 2.34. The average molecular weight is 270 g/mol. The number of carbonyl (C=O) groups is 2. The molecule has 2 atom stereocenters. The van der Waals surface area contributed by atoms with Gasteiger partial charge in [0.25, 0.3) is 0 Å². The van der Waals surface area contributed by atoms with Gasteiger partial charge in [0, 0.05) is 25.7 Å². The maximum Gasteiger partial charge on any atom is 0.320 e. The normalized spacial score (nSPS) is 24.3. The van der Waals surface area contributed by atoms with Gasteiger partial charge in [-0.2, -0.15) is 0 Å². The first-order chi connectivity index (χ1) is 8.91. The monoisotopic (exact) mass is 270 g/mol. The second-order valence-corrected chi connectivity index (χ2v) is 5.44. The molecule has 110 valence electrons. The number of nitrogens with zero attached hydrogens (tertiary/aromatic N) is 2. The van der Waals surface area contributed by atoms with Gasteiger partial charge in [-0.1, -0.05) is 13.8 Å². The van der Waals surface area contributed by atoms with Crippen LogP contribution in [0.15, 0.2) is 0 Å². The number of rotatable bonds is 5. The van der Waals surface area contributed by atoms with Crippen LogP contribution in [0.5, 0.6) is 0 Å². The summed E-state index contributed by atoms with van der Waals surface area (Å²) < 4.78 is 0. The zero-order valence-electron chi connectivity index (χ0n) is 12.5. The molecule has 2 amide bonds. The van der Waals surface area contributed by atoms with Crippen LogP contribution in [-0.2, 0) is 4.79 Å². The minimum absolute atomic E-state index is 0.0200. The van der Waals surface area contributed by atoms with E-state index in [0.717, 1.165) is 6.42 Å². The standard InChI is InChI=1S/C14H26N2O3/c1-5-11(4)16(7-3)13(19)15-9-8-14(6-2,10-15)12(17)18/h11H,5-10H2,1-4H3,(H,17,18). The van der Waals surface area contributed by atoms with Crippen molar-refractivity contribution in [1.82, 2.24) is 9.80 Å². The number of hydrogen-bond acceptors (Lipinski definition) is 2. The maximum atomic E-state index is 12.5. The van der Waals surface area contributed by atoms with Crippen LogP contribution in [0.2, 0.25) is 0 Å². The summed E-state index contributed by atoms with van der Waals surface area (Å²) in [6, 6.07) is 0.173. The van der Waals surface area contributed by atoms with Crippen molar-refractivity contribution >= 4 is 12.0 Å². The Balaban J connectivity index is 2.78. The predicted octanol–water partition coefficient (Wildman–Crippen LogP) is 2.41. The van der Waals surface area contributed by atoms with E-state index in [9.17, 15) is 14.7 Å². The topological polar surface area (TPSA) is 60.9 Å². The minimum atomic E-state index is -0.781. The quantitative estimate of drug-likeness (QED) is 0.834. The third-order valence-corrected chi connectivity index (χ3v) is 4.46. The van der Waals surface area contributed by atoms with Crippen LogP contribution in [0.25, 0.3) is 0 Å². The van der Waals surface area contributed by atoms with Gasteiger partial charge in [0.15, 0.2) is 0 Å². The average Bonchev–Trinajstić information content (AvgIpc) is 2.84. The van der Waals surface area contributed by atoms with E-state index >= 15 is 0 Å². The summed E-state index contributed by atoms with van der Waals surface area (Å²) in [6.07, 6.45) is 2.04. The van der Waals surface area contributed by atoms with Gasteiger partial charge in [0.2, 0.25) is 0 Å². The summed E-state index contributed by atoms with van der Waals surface area (Å²) in [7, 11) is 0. The van der Waals surface area contributed by atoms with Gasteiger partial charge in [-0.15, -0.1) is 0 Å². The molecule has 0 aromatic rings. The molecule has 0 radical (unpaired) electrons. The zero-order valence-corrected chi connectivity index (χ0v) is 12.5. The SMILES string of the molecule is CCC(C)N(CC)C(=O)N1CCC(CC)(C(=O)O)C1. The van der Waals surface area contributed by atoms with Crippen molar-refractivity contribution in [2.75, 3.05) is 19.6 Å². The third-order valence-electron chi connectivity index (χ3n) is 4.46. The van der Waals surface area contributed by atoms with Crippen molar-refractivity contribution in [3.05, 3.63) is 0 Å². The number of hydrogen-bond donors (Lipinski definition) is 1. The molecule has 1 heterocycles. The van der Waals surface area contributed by atoms with E-state index in [1.54, 1.807) is 4.90 Å². The van der Waals surface area contributed by atoms with Crippen molar-refractivity contribution in [2.24, 2.45) is 5.41 Å². The molecule has 1 aliphatic heterocycles. The van der Waals surface area contributed by atoms with Gasteiger partial charge >= 0.3 is 12.0 Å². The molecule has 0 aliphatic carbocycles. The van der Waals surface area contributed by atoms with Crippen LogP contribution in [0.1, 0.15) is 47.0 Å². The lowest BCUT2D eigenvalue weighted by Gasteiger charge is -2.32. The number of carbonyl (C=O) groups excluding carboxylic acids is 1. The molecule has 0 spiro atoms. The Morgan fingerprint density at radius 2 is 2.00 bits per heavy atom. The fraction of sp³-hybridized carbons (Fsp3) is 0.857. The Hall–Kier alpha value is -1.26. The van der Waals surface area contributed by atoms with Crippen molar-refractivity contribution in [3.8, 4) is 0 Å². The lowest BCUT2D eigenvalue weighted by Crippen LogP contribution is -2.47. The largest absolute Gasteiger partial charge is 0.481 e. The molecule has 5 heteroatoms. The van der Waals surface area contributed by atoms with E-state index in [4.69, 9.17) is 0 Å². The van der Waals surface area contributed by atoms with Crippen LogP contribution in [0, 0.1) is 5.41 Å². The first kappa shape index (κ1) is 15.8. The molecule has 1 saturated heterocycles. The molecule has 5 nitrogen and oxygen atoms in total. The predicted molar refractivity (Wildman–Crippen MR) is 74.1 cm³/mol. The first-order valence-electron chi connectivity index (χ1n) is 7.20. The smallest absolute Gasteiger partial charge is 0.320 e. The summed E-state index contributed by atoms with van der Waals surface area (Å²) in [6.45, 7) is 9.48. The van der Waals surface area contributed by atoms with Gasteiger partial charge in [-0.05, 0) is 33.1 Å². The number of likely N-dealkylation sites (tertiary alicyclic amines) is 1. The molecule has 19 heavy (non-hydrogen) atoms. The van der Waals surface area contributed by atoms with E-state index in [1.165, 1.54) is 0 Å². The highest BCUT2D eigenvalue weighted by Gasteiger charge is 2.45. The number of amides is 2. The zero-order chi connectivity index (χ0) is 14.6. The fourth-order valence-electron chi connectivity index (χ4n) is 2.69. The van der Waals surface area contributed by atoms with Crippen LogP contribution in [0.4, 0.5) is 4.79 Å². The molecule has 1 rings (SSSR count). The maximum absolute atomic E-state index is 12.5. The lowest BCUT2D eigenvalue weighted by atomic mass is 9.84. The molecule has 2 unspecified atom stereocenters. The highest BCUT2D eigenvalue weighted by molar-refractivity contribution is 5.80. The minimum Gasteiger partial charge on any atom is -0.481 e. The Kier molecular flexibility index (Phi) is 5.20. The summed E-state index contributed by atoms with van der Waals surface area (Å²) in [5, 5.41) is 9.36. The summed E-state index contributed by atoms with van der Waals surface area (Å²) >= 11 is 0. The molecule has 0 bridgehead atoms. The van der Waals surface area contributed by atoms with Crippen LogP contribution >= 0.6 is 0 Å². The molecular weight excluding hydrogens is 244 g/mol. The summed E-state index contributed by atoms with van der Waals surface area (Å²) in [5.74, 6) is -0.781. The number of carboxylic acids is 1. The molecular formula is C14H26N2O3. The van der Waals surface area contributed by atoms with Gasteiger partial charge in [0.05, 0.1) is 5.41 Å². The van der Waals surface area contributed by atoms with E-state index < -0.39 is 11.4 Å². The van der Waals surface area contributed by atoms with Gasteiger partial charge in [0.1, 0.15) is 0 Å². The molecule has 1 N–H and O–H groups in total. The van der Waals surface area contributed by atoms with Crippen LogP contribution in [0.3, 0.4) is 0 Å². The van der Waals surface area contributed by atoms with E-state index in [0.29, 0.717) is 32.5 Å². The van der Waals surface area contributed by atoms with Crippen molar-refractivity contribution < 1.29 is 14.7 Å². The molecule has 0 aromatic carbocycles. The number of urea groups is 1. The fourth-order valence-corrected chi connectivity index (χ4v) is 2.69.